The highest BCUT2D eigenvalue weighted by Gasteiger charge is 2.09. The minimum absolute atomic E-state index is 0.786. The summed E-state index contributed by atoms with van der Waals surface area (Å²) in [5.74, 6) is 1.90. The van der Waals surface area contributed by atoms with Gasteiger partial charge in [0.2, 0.25) is 0 Å². The Morgan fingerprint density at radius 2 is 0.875 bits per heavy atom. The molecule has 32 heavy (non-hydrogen) atoms. The van der Waals surface area contributed by atoms with E-state index in [1.807, 2.05) is 22.7 Å². The lowest BCUT2D eigenvalue weighted by Crippen LogP contribution is -1.95. The maximum Gasteiger partial charge on any atom is 0.119 e. The highest BCUT2D eigenvalue weighted by Crippen LogP contribution is 2.40. The third-order valence-corrected chi connectivity index (χ3v) is 7.73. The standard InChI is InChI=1S/C28H30O2S2/c1-3-5-19-29-23-11-7-21(8-12-23)25-15-17-27(31-25)28-18-16-26(32-28)22-9-13-24(14-10-22)30-20-6-4-2/h7-18H,3-6,19-20H2,1-2H3. The Morgan fingerprint density at radius 3 is 1.25 bits per heavy atom. The molecule has 0 unspecified atom stereocenters. The number of rotatable bonds is 11. The summed E-state index contributed by atoms with van der Waals surface area (Å²) in [5, 5.41) is 0. The quantitative estimate of drug-likeness (QED) is 0.207. The molecule has 0 saturated heterocycles. The zero-order valence-corrected chi connectivity index (χ0v) is 20.4. The third kappa shape index (κ3) is 5.81. The molecule has 0 aliphatic heterocycles. The summed E-state index contributed by atoms with van der Waals surface area (Å²) in [4.78, 5) is 5.17. The van der Waals surface area contributed by atoms with E-state index in [0.29, 0.717) is 0 Å². The van der Waals surface area contributed by atoms with Crippen molar-refractivity contribution in [1.29, 1.82) is 0 Å². The van der Waals surface area contributed by atoms with E-state index in [4.69, 9.17) is 9.47 Å². The number of thiophene rings is 2. The molecule has 4 heteroatoms. The molecule has 0 bridgehead atoms. The van der Waals surface area contributed by atoms with Gasteiger partial charge in [-0.25, -0.2) is 0 Å². The van der Waals surface area contributed by atoms with Gasteiger partial charge in [0.1, 0.15) is 11.5 Å². The van der Waals surface area contributed by atoms with Crippen molar-refractivity contribution in [2.24, 2.45) is 0 Å². The van der Waals surface area contributed by atoms with Crippen LogP contribution in [-0.2, 0) is 0 Å². The monoisotopic (exact) mass is 462 g/mol. The average molecular weight is 463 g/mol. The van der Waals surface area contributed by atoms with Gasteiger partial charge in [0.15, 0.2) is 0 Å². The molecule has 0 aliphatic carbocycles. The summed E-state index contributed by atoms with van der Waals surface area (Å²) < 4.78 is 11.6. The molecule has 0 fully saturated rings. The zero-order valence-electron chi connectivity index (χ0n) is 18.8. The first-order valence-corrected chi connectivity index (χ1v) is 13.1. The van der Waals surface area contributed by atoms with Crippen molar-refractivity contribution in [1.82, 2.24) is 0 Å². The normalized spacial score (nSPS) is 10.9. The largest absolute Gasteiger partial charge is 0.494 e. The fourth-order valence-electron chi connectivity index (χ4n) is 3.35. The van der Waals surface area contributed by atoms with Crippen LogP contribution in [0.25, 0.3) is 30.6 Å². The lowest BCUT2D eigenvalue weighted by Gasteiger charge is -2.05. The maximum absolute atomic E-state index is 5.79. The lowest BCUT2D eigenvalue weighted by atomic mass is 10.2. The molecule has 4 rings (SSSR count). The van der Waals surface area contributed by atoms with E-state index >= 15 is 0 Å². The molecular formula is C28H30O2S2. The number of ether oxygens (including phenoxy) is 2. The van der Waals surface area contributed by atoms with E-state index < -0.39 is 0 Å². The smallest absolute Gasteiger partial charge is 0.119 e. The van der Waals surface area contributed by atoms with E-state index in [2.05, 4.69) is 86.6 Å². The van der Waals surface area contributed by atoms with Crippen molar-refractivity contribution < 1.29 is 9.47 Å². The molecule has 2 aromatic heterocycles. The van der Waals surface area contributed by atoms with E-state index in [9.17, 15) is 0 Å². The first kappa shape index (κ1) is 22.6. The molecule has 0 radical (unpaired) electrons. The predicted octanol–water partition coefficient (Wildman–Crippen LogP) is 9.17. The Morgan fingerprint density at radius 1 is 0.500 bits per heavy atom. The lowest BCUT2D eigenvalue weighted by molar-refractivity contribution is 0.309. The van der Waals surface area contributed by atoms with Crippen LogP contribution in [0.15, 0.2) is 72.8 Å². The molecule has 0 spiro atoms. The van der Waals surface area contributed by atoms with E-state index in [1.165, 1.54) is 30.6 Å². The highest BCUT2D eigenvalue weighted by atomic mass is 32.1. The number of unbranched alkanes of at least 4 members (excludes halogenated alkanes) is 2. The van der Waals surface area contributed by atoms with Crippen molar-refractivity contribution in [3.05, 3.63) is 72.8 Å². The molecular weight excluding hydrogens is 432 g/mol. The Bertz CT molecular complexity index is 1000. The minimum atomic E-state index is 0.786. The van der Waals surface area contributed by atoms with Gasteiger partial charge in [0.05, 0.1) is 13.2 Å². The topological polar surface area (TPSA) is 18.5 Å². The first-order chi connectivity index (χ1) is 15.8. The highest BCUT2D eigenvalue weighted by molar-refractivity contribution is 7.25. The van der Waals surface area contributed by atoms with Crippen LogP contribution in [0.3, 0.4) is 0 Å². The van der Waals surface area contributed by atoms with Crippen LogP contribution >= 0.6 is 22.7 Å². The zero-order chi connectivity index (χ0) is 22.2. The number of benzene rings is 2. The van der Waals surface area contributed by atoms with Crippen LogP contribution in [0.1, 0.15) is 39.5 Å². The molecule has 2 nitrogen and oxygen atoms in total. The van der Waals surface area contributed by atoms with Crippen molar-refractivity contribution in [3.8, 4) is 42.1 Å². The molecule has 0 aliphatic rings. The van der Waals surface area contributed by atoms with E-state index in [-0.39, 0.29) is 0 Å². The van der Waals surface area contributed by atoms with Gasteiger partial charge in [-0.05, 0) is 96.8 Å². The molecule has 0 amide bonds. The summed E-state index contributed by atoms with van der Waals surface area (Å²) in [6, 6.07) is 25.8. The fourth-order valence-corrected chi connectivity index (χ4v) is 5.46. The Kier molecular flexibility index (Phi) is 8.02. The van der Waals surface area contributed by atoms with Crippen LogP contribution in [0.4, 0.5) is 0 Å². The van der Waals surface area contributed by atoms with E-state index in [1.54, 1.807) is 0 Å². The minimum Gasteiger partial charge on any atom is -0.494 e. The molecule has 166 valence electrons. The summed E-state index contributed by atoms with van der Waals surface area (Å²) in [5.41, 5.74) is 2.47. The van der Waals surface area contributed by atoms with Crippen LogP contribution in [0.5, 0.6) is 11.5 Å². The average Bonchev–Trinajstić information content (AvgIpc) is 3.51. The maximum atomic E-state index is 5.79. The summed E-state index contributed by atoms with van der Waals surface area (Å²) in [6.07, 6.45) is 4.49. The Labute approximate surface area is 199 Å². The molecule has 0 saturated carbocycles. The van der Waals surface area contributed by atoms with Gasteiger partial charge in [-0.1, -0.05) is 26.7 Å². The first-order valence-electron chi connectivity index (χ1n) is 11.4. The molecule has 0 N–H and O–H groups in total. The van der Waals surface area contributed by atoms with Crippen LogP contribution < -0.4 is 9.47 Å². The van der Waals surface area contributed by atoms with Crippen molar-refractivity contribution in [3.63, 3.8) is 0 Å². The van der Waals surface area contributed by atoms with Crippen molar-refractivity contribution in [2.75, 3.05) is 13.2 Å². The second-order valence-corrected chi connectivity index (χ2v) is 9.95. The van der Waals surface area contributed by atoms with Gasteiger partial charge in [-0.2, -0.15) is 0 Å². The molecule has 4 aromatic rings. The Hall–Kier alpha value is -2.56. The van der Waals surface area contributed by atoms with Crippen molar-refractivity contribution >= 4 is 22.7 Å². The second kappa shape index (κ2) is 11.3. The molecule has 2 aromatic carbocycles. The molecule has 0 atom stereocenters. The van der Waals surface area contributed by atoms with Gasteiger partial charge < -0.3 is 9.47 Å². The number of hydrogen-bond donors (Lipinski definition) is 0. The van der Waals surface area contributed by atoms with Gasteiger partial charge in [0, 0.05) is 19.5 Å². The Balaban J connectivity index is 1.42. The van der Waals surface area contributed by atoms with Gasteiger partial charge in [0.25, 0.3) is 0 Å². The van der Waals surface area contributed by atoms with Crippen LogP contribution in [0.2, 0.25) is 0 Å². The summed E-state index contributed by atoms with van der Waals surface area (Å²) in [6.45, 7) is 5.93. The third-order valence-electron chi connectivity index (χ3n) is 5.27. The fraction of sp³-hybridized carbons (Fsp3) is 0.286. The summed E-state index contributed by atoms with van der Waals surface area (Å²) >= 11 is 3.68. The molecule has 2 heterocycles. The summed E-state index contributed by atoms with van der Waals surface area (Å²) in [7, 11) is 0. The van der Waals surface area contributed by atoms with Gasteiger partial charge >= 0.3 is 0 Å². The van der Waals surface area contributed by atoms with Crippen LogP contribution in [0, 0.1) is 0 Å². The van der Waals surface area contributed by atoms with E-state index in [0.717, 1.165) is 50.4 Å². The van der Waals surface area contributed by atoms with Crippen molar-refractivity contribution in [2.45, 2.75) is 39.5 Å². The SMILES string of the molecule is CCCCOc1ccc(-c2ccc(-c3ccc(-c4ccc(OCCCC)cc4)s3)s2)cc1. The van der Waals surface area contributed by atoms with Gasteiger partial charge in [-0.15, -0.1) is 22.7 Å². The van der Waals surface area contributed by atoms with Gasteiger partial charge in [-0.3, -0.25) is 0 Å². The second-order valence-electron chi connectivity index (χ2n) is 7.78. The number of hydrogen-bond acceptors (Lipinski definition) is 4. The van der Waals surface area contributed by atoms with Crippen LogP contribution in [-0.4, -0.2) is 13.2 Å². The predicted molar refractivity (Wildman–Crippen MR) is 139 cm³/mol.